The van der Waals surface area contributed by atoms with Crippen LogP contribution in [0.3, 0.4) is 0 Å². The summed E-state index contributed by atoms with van der Waals surface area (Å²) in [5, 5.41) is 3.12. The van der Waals surface area contributed by atoms with Gasteiger partial charge in [0.15, 0.2) is 0 Å². The number of rotatable bonds is 5. The predicted molar refractivity (Wildman–Crippen MR) is 66.9 cm³/mol. The summed E-state index contributed by atoms with van der Waals surface area (Å²) in [5.41, 5.74) is 5.77. The zero-order chi connectivity index (χ0) is 12.6. The quantitative estimate of drug-likeness (QED) is 0.752. The average Bonchev–Trinajstić information content (AvgIpc) is 2.56. The maximum absolute atomic E-state index is 12.1. The number of amides is 1. The third-order valence-electron chi connectivity index (χ3n) is 4.64. The minimum atomic E-state index is 0.123. The van der Waals surface area contributed by atoms with Crippen LogP contribution in [0.15, 0.2) is 0 Å². The van der Waals surface area contributed by atoms with Crippen LogP contribution in [0, 0.1) is 16.7 Å². The fraction of sp³-hybridized carbons (Fsp3) is 0.923. The maximum Gasteiger partial charge on any atom is 0.224 e. The van der Waals surface area contributed by atoms with E-state index in [0.29, 0.717) is 6.54 Å². The minimum absolute atomic E-state index is 0.123. The van der Waals surface area contributed by atoms with Gasteiger partial charge in [-0.1, -0.05) is 34.6 Å². The summed E-state index contributed by atoms with van der Waals surface area (Å²) < 4.78 is 0. The molecule has 0 aliphatic heterocycles. The molecule has 0 heterocycles. The van der Waals surface area contributed by atoms with E-state index in [1.54, 1.807) is 0 Å². The number of nitrogens with two attached hydrogens (primary N) is 1. The van der Waals surface area contributed by atoms with Crippen LogP contribution in [0.1, 0.15) is 47.5 Å². The van der Waals surface area contributed by atoms with Crippen LogP contribution in [0.4, 0.5) is 0 Å². The molecular weight excluding hydrogens is 200 g/mol. The summed E-state index contributed by atoms with van der Waals surface area (Å²) >= 11 is 0. The second-order valence-corrected chi connectivity index (χ2v) is 6.07. The summed E-state index contributed by atoms with van der Waals surface area (Å²) in [7, 11) is 0. The lowest BCUT2D eigenvalue weighted by atomic mass is 10.0. The van der Waals surface area contributed by atoms with E-state index in [4.69, 9.17) is 5.73 Å². The molecule has 1 amide bonds. The number of carbonyl (C=O) groups is 1. The summed E-state index contributed by atoms with van der Waals surface area (Å²) in [4.78, 5) is 12.1. The Kier molecular flexibility index (Phi) is 3.68. The van der Waals surface area contributed by atoms with Crippen LogP contribution in [-0.4, -0.2) is 18.5 Å². The molecule has 1 aliphatic rings. The fourth-order valence-electron chi connectivity index (χ4n) is 2.72. The van der Waals surface area contributed by atoms with Crippen molar-refractivity contribution in [2.75, 3.05) is 6.54 Å². The zero-order valence-corrected chi connectivity index (χ0v) is 11.3. The molecule has 1 atom stereocenters. The second-order valence-electron chi connectivity index (χ2n) is 6.07. The maximum atomic E-state index is 12.1. The number of nitrogens with one attached hydrogen (secondary N) is 1. The monoisotopic (exact) mass is 226 g/mol. The molecule has 1 unspecified atom stereocenters. The molecule has 3 N–H and O–H groups in total. The van der Waals surface area contributed by atoms with Gasteiger partial charge in [-0.15, -0.1) is 0 Å². The van der Waals surface area contributed by atoms with Crippen LogP contribution in [0.5, 0.6) is 0 Å². The molecule has 94 valence electrons. The Morgan fingerprint density at radius 2 is 1.81 bits per heavy atom. The van der Waals surface area contributed by atoms with Gasteiger partial charge in [-0.25, -0.2) is 0 Å². The first-order chi connectivity index (χ1) is 7.29. The first-order valence-electron chi connectivity index (χ1n) is 6.29. The Hall–Kier alpha value is -0.570. The summed E-state index contributed by atoms with van der Waals surface area (Å²) in [5.74, 6) is 0.349. The summed E-state index contributed by atoms with van der Waals surface area (Å²) in [6, 6.07) is 0.240. The van der Waals surface area contributed by atoms with Gasteiger partial charge in [-0.2, -0.15) is 0 Å². The van der Waals surface area contributed by atoms with E-state index in [-0.39, 0.29) is 28.7 Å². The lowest BCUT2D eigenvalue weighted by molar-refractivity contribution is -0.124. The highest BCUT2D eigenvalue weighted by atomic mass is 16.2. The highest BCUT2D eigenvalue weighted by Crippen LogP contribution is 2.68. The van der Waals surface area contributed by atoms with E-state index in [2.05, 4.69) is 39.9 Å². The van der Waals surface area contributed by atoms with Gasteiger partial charge in [0.05, 0.1) is 0 Å². The zero-order valence-electron chi connectivity index (χ0n) is 11.3. The van der Waals surface area contributed by atoms with Crippen molar-refractivity contribution in [1.82, 2.24) is 5.32 Å². The van der Waals surface area contributed by atoms with Crippen LogP contribution < -0.4 is 11.1 Å². The third-order valence-corrected chi connectivity index (χ3v) is 4.64. The molecule has 1 saturated carbocycles. The van der Waals surface area contributed by atoms with E-state index in [9.17, 15) is 4.79 Å². The van der Waals surface area contributed by atoms with E-state index in [0.717, 1.165) is 12.8 Å². The van der Waals surface area contributed by atoms with Crippen LogP contribution in [0.2, 0.25) is 0 Å². The van der Waals surface area contributed by atoms with Gasteiger partial charge in [0, 0.05) is 12.0 Å². The second kappa shape index (κ2) is 4.36. The highest BCUT2D eigenvalue weighted by Gasteiger charge is 2.68. The van der Waals surface area contributed by atoms with E-state index >= 15 is 0 Å². The summed E-state index contributed by atoms with van der Waals surface area (Å²) in [6.45, 7) is 11.4. The third kappa shape index (κ3) is 2.10. The van der Waals surface area contributed by atoms with Crippen molar-refractivity contribution in [2.45, 2.75) is 53.5 Å². The Labute approximate surface area is 99.2 Å². The first kappa shape index (κ1) is 13.5. The van der Waals surface area contributed by atoms with Gasteiger partial charge in [-0.3, -0.25) is 4.79 Å². The molecular formula is C13H26N2O. The lowest BCUT2D eigenvalue weighted by Crippen LogP contribution is -2.38. The van der Waals surface area contributed by atoms with Crippen molar-refractivity contribution in [1.29, 1.82) is 0 Å². The molecule has 0 bridgehead atoms. The molecule has 0 aromatic rings. The lowest BCUT2D eigenvalue weighted by Gasteiger charge is -2.16. The molecule has 0 aromatic carbocycles. The standard InChI is InChI=1S/C13H26N2O/c1-6-9(7-8-14)15-11(16)10-12(2,3)13(10,4)5/h9-10H,6-8,14H2,1-5H3,(H,15,16). The van der Waals surface area contributed by atoms with Crippen molar-refractivity contribution in [3.05, 3.63) is 0 Å². The molecule has 1 rings (SSSR count). The van der Waals surface area contributed by atoms with Gasteiger partial charge >= 0.3 is 0 Å². The van der Waals surface area contributed by atoms with Crippen LogP contribution in [0.25, 0.3) is 0 Å². The Balaban J connectivity index is 2.55. The molecule has 3 heteroatoms. The Morgan fingerprint density at radius 1 is 1.31 bits per heavy atom. The van der Waals surface area contributed by atoms with Crippen LogP contribution in [-0.2, 0) is 4.79 Å². The Morgan fingerprint density at radius 3 is 2.12 bits per heavy atom. The highest BCUT2D eigenvalue weighted by molar-refractivity contribution is 5.84. The van der Waals surface area contributed by atoms with Gasteiger partial charge in [-0.05, 0) is 30.2 Å². The molecule has 0 aromatic heterocycles. The Bertz CT molecular complexity index is 257. The topological polar surface area (TPSA) is 55.1 Å². The first-order valence-corrected chi connectivity index (χ1v) is 6.29. The van der Waals surface area contributed by atoms with E-state index < -0.39 is 0 Å². The number of carbonyl (C=O) groups excluding carboxylic acids is 1. The van der Waals surface area contributed by atoms with Crippen molar-refractivity contribution in [2.24, 2.45) is 22.5 Å². The smallest absolute Gasteiger partial charge is 0.224 e. The summed E-state index contributed by atoms with van der Waals surface area (Å²) in [6.07, 6.45) is 1.83. The number of hydrogen-bond acceptors (Lipinski definition) is 2. The van der Waals surface area contributed by atoms with Crippen molar-refractivity contribution in [3.8, 4) is 0 Å². The van der Waals surface area contributed by atoms with Crippen molar-refractivity contribution < 1.29 is 4.79 Å². The van der Waals surface area contributed by atoms with E-state index in [1.165, 1.54) is 0 Å². The minimum Gasteiger partial charge on any atom is -0.353 e. The van der Waals surface area contributed by atoms with Gasteiger partial charge in [0.1, 0.15) is 0 Å². The largest absolute Gasteiger partial charge is 0.353 e. The molecule has 1 fully saturated rings. The SMILES string of the molecule is CCC(CCN)NC(=O)C1C(C)(C)C1(C)C. The predicted octanol–water partition coefficient (Wildman–Crippen LogP) is 1.91. The molecule has 0 radical (unpaired) electrons. The van der Waals surface area contributed by atoms with Crippen molar-refractivity contribution >= 4 is 5.91 Å². The van der Waals surface area contributed by atoms with Gasteiger partial charge < -0.3 is 11.1 Å². The molecule has 16 heavy (non-hydrogen) atoms. The molecule has 0 saturated heterocycles. The van der Waals surface area contributed by atoms with Gasteiger partial charge in [0.25, 0.3) is 0 Å². The average molecular weight is 226 g/mol. The number of hydrogen-bond donors (Lipinski definition) is 2. The normalized spacial score (nSPS) is 23.9. The van der Waals surface area contributed by atoms with Gasteiger partial charge in [0.2, 0.25) is 5.91 Å². The van der Waals surface area contributed by atoms with Crippen molar-refractivity contribution in [3.63, 3.8) is 0 Å². The molecule has 0 spiro atoms. The molecule has 1 aliphatic carbocycles. The fourth-order valence-corrected chi connectivity index (χ4v) is 2.72. The molecule has 3 nitrogen and oxygen atoms in total. The van der Waals surface area contributed by atoms with Crippen LogP contribution >= 0.6 is 0 Å². The van der Waals surface area contributed by atoms with E-state index in [1.807, 2.05) is 0 Å².